The molecule has 0 spiro atoms. The van der Waals surface area contributed by atoms with Crippen LogP contribution in [0.3, 0.4) is 0 Å². The molecular weight excluding hydrogens is 580 g/mol. The Kier molecular flexibility index (Phi) is 8.72. The maximum atomic E-state index is 13.8. The lowest BCUT2D eigenvalue weighted by molar-refractivity contribution is -0.146. The number of carbonyl (C=O) groups excluding carboxylic acids is 2. The van der Waals surface area contributed by atoms with Crippen LogP contribution in [0.25, 0.3) is 10.8 Å². The van der Waals surface area contributed by atoms with Crippen molar-refractivity contribution in [1.82, 2.24) is 19.8 Å². The zero-order chi connectivity index (χ0) is 30.0. The Balaban J connectivity index is 1.30. The molecule has 3 amide bonds. The Morgan fingerprint density at radius 3 is 2.48 bits per heavy atom. The Labute approximate surface area is 249 Å². The van der Waals surface area contributed by atoms with Crippen LogP contribution in [0.4, 0.5) is 4.79 Å². The van der Waals surface area contributed by atoms with E-state index in [1.54, 1.807) is 36.1 Å². The molecule has 0 saturated carbocycles. The second-order valence-electron chi connectivity index (χ2n) is 10.8. The van der Waals surface area contributed by atoms with Gasteiger partial charge in [0.2, 0.25) is 21.8 Å². The van der Waals surface area contributed by atoms with E-state index < -0.39 is 46.2 Å². The molecule has 2 saturated heterocycles. The maximum absolute atomic E-state index is 13.8. The topological polar surface area (TPSA) is 136 Å². The van der Waals surface area contributed by atoms with Gasteiger partial charge in [0.05, 0.1) is 17.0 Å². The van der Waals surface area contributed by atoms with E-state index in [1.807, 2.05) is 30.3 Å². The van der Waals surface area contributed by atoms with Gasteiger partial charge in [-0.1, -0.05) is 54.1 Å². The van der Waals surface area contributed by atoms with Gasteiger partial charge in [0, 0.05) is 18.1 Å². The molecular formula is C30H33ClN4O6S. The van der Waals surface area contributed by atoms with Gasteiger partial charge in [0.1, 0.15) is 12.1 Å². The van der Waals surface area contributed by atoms with Crippen LogP contribution in [0.2, 0.25) is 5.02 Å². The SMILES string of the molecule is C[C@@H](C(=O)N1CCC[C@@H](NC(=O)O)C1Cc1ccccc1)N1CC[C@H](NS(=O)(=O)c2ccc3cc(Cl)ccc3c2)C1=O. The van der Waals surface area contributed by atoms with Gasteiger partial charge in [-0.15, -0.1) is 0 Å². The van der Waals surface area contributed by atoms with Crippen LogP contribution < -0.4 is 10.0 Å². The molecule has 0 aliphatic carbocycles. The average molecular weight is 613 g/mol. The van der Waals surface area contributed by atoms with Gasteiger partial charge in [0.25, 0.3) is 0 Å². The average Bonchev–Trinajstić information content (AvgIpc) is 3.31. The number of nitrogens with zero attached hydrogens (tertiary/aromatic N) is 2. The van der Waals surface area contributed by atoms with Crippen LogP contribution >= 0.6 is 11.6 Å². The summed E-state index contributed by atoms with van der Waals surface area (Å²) in [5.41, 5.74) is 0.968. The van der Waals surface area contributed by atoms with E-state index in [2.05, 4.69) is 10.0 Å². The number of nitrogens with one attached hydrogen (secondary N) is 2. The summed E-state index contributed by atoms with van der Waals surface area (Å²) in [7, 11) is -4.02. The standard InChI is InChI=1S/C30H33ClN4O6S/c1-19(28(36)35-14-5-8-25(32-30(38)39)27(35)16-20-6-3-2-4-7-20)34-15-13-26(29(34)37)33-42(40,41)24-12-10-21-17-23(31)11-9-22(21)18-24/h2-4,6-7,9-12,17-19,25-27,32-33H,5,8,13-16H2,1H3,(H,38,39)/t19-,25+,26-,27?/m0/s1. The summed E-state index contributed by atoms with van der Waals surface area (Å²) in [6, 6.07) is 16.6. The lowest BCUT2D eigenvalue weighted by Crippen LogP contribution is -2.61. The van der Waals surface area contributed by atoms with Crippen molar-refractivity contribution in [2.75, 3.05) is 13.1 Å². The van der Waals surface area contributed by atoms with Gasteiger partial charge in [0.15, 0.2) is 0 Å². The molecule has 12 heteroatoms. The summed E-state index contributed by atoms with van der Waals surface area (Å²) >= 11 is 6.03. The minimum Gasteiger partial charge on any atom is -0.465 e. The lowest BCUT2D eigenvalue weighted by atomic mass is 9.90. The molecule has 0 bridgehead atoms. The third-order valence-electron chi connectivity index (χ3n) is 8.10. The van der Waals surface area contributed by atoms with Crippen molar-refractivity contribution < 1.29 is 27.9 Å². The van der Waals surface area contributed by atoms with E-state index in [9.17, 15) is 27.9 Å². The first kappa shape index (κ1) is 29.8. The van der Waals surface area contributed by atoms with Gasteiger partial charge < -0.3 is 20.2 Å². The van der Waals surface area contributed by atoms with Gasteiger partial charge in [-0.05, 0) is 73.2 Å². The van der Waals surface area contributed by atoms with Crippen molar-refractivity contribution in [2.24, 2.45) is 0 Å². The first-order valence-electron chi connectivity index (χ1n) is 13.9. The number of hydrogen-bond donors (Lipinski definition) is 3. The Bertz CT molecular complexity index is 1600. The van der Waals surface area contributed by atoms with Crippen molar-refractivity contribution in [1.29, 1.82) is 0 Å². The largest absolute Gasteiger partial charge is 0.465 e. The molecule has 5 rings (SSSR count). The number of carboxylic acid groups (broad SMARTS) is 1. The number of fused-ring (bicyclic) bond motifs is 1. The summed E-state index contributed by atoms with van der Waals surface area (Å²) in [6.45, 7) is 2.28. The Morgan fingerprint density at radius 1 is 1.02 bits per heavy atom. The molecule has 42 heavy (non-hydrogen) atoms. The molecule has 2 heterocycles. The Morgan fingerprint density at radius 2 is 1.74 bits per heavy atom. The zero-order valence-corrected chi connectivity index (χ0v) is 24.6. The molecule has 4 atom stereocenters. The van der Waals surface area contributed by atoms with Gasteiger partial charge >= 0.3 is 6.09 Å². The van der Waals surface area contributed by atoms with E-state index in [1.165, 1.54) is 17.0 Å². The number of piperidine rings is 1. The zero-order valence-electron chi connectivity index (χ0n) is 23.1. The predicted molar refractivity (Wildman–Crippen MR) is 159 cm³/mol. The fourth-order valence-electron chi connectivity index (χ4n) is 5.95. The maximum Gasteiger partial charge on any atom is 0.404 e. The van der Waals surface area contributed by atoms with E-state index in [-0.39, 0.29) is 23.8 Å². The van der Waals surface area contributed by atoms with Crippen LogP contribution in [-0.4, -0.2) is 78.5 Å². The number of sulfonamides is 1. The first-order valence-corrected chi connectivity index (χ1v) is 15.8. The number of amides is 3. The van der Waals surface area contributed by atoms with Crippen LogP contribution in [0.1, 0.15) is 31.7 Å². The summed E-state index contributed by atoms with van der Waals surface area (Å²) in [4.78, 5) is 41.9. The second-order valence-corrected chi connectivity index (χ2v) is 13.0. The van der Waals surface area contributed by atoms with E-state index in [0.29, 0.717) is 36.2 Å². The molecule has 2 aliphatic heterocycles. The molecule has 2 fully saturated rings. The number of hydrogen-bond acceptors (Lipinski definition) is 5. The predicted octanol–water partition coefficient (Wildman–Crippen LogP) is 3.63. The van der Waals surface area contributed by atoms with Gasteiger partial charge in [-0.2, -0.15) is 4.72 Å². The lowest BCUT2D eigenvalue weighted by Gasteiger charge is -2.43. The van der Waals surface area contributed by atoms with Crippen LogP contribution in [0.15, 0.2) is 71.6 Å². The number of halogens is 1. The van der Waals surface area contributed by atoms with Crippen molar-refractivity contribution in [3.8, 4) is 0 Å². The highest BCUT2D eigenvalue weighted by atomic mass is 35.5. The molecule has 222 valence electrons. The summed E-state index contributed by atoms with van der Waals surface area (Å²) in [5.74, 6) is -0.762. The summed E-state index contributed by atoms with van der Waals surface area (Å²) < 4.78 is 28.9. The minimum absolute atomic E-state index is 0.0294. The number of carbonyl (C=O) groups is 3. The molecule has 0 aromatic heterocycles. The van der Waals surface area contributed by atoms with Gasteiger partial charge in [-0.3, -0.25) is 9.59 Å². The highest BCUT2D eigenvalue weighted by molar-refractivity contribution is 7.89. The quantitative estimate of drug-likeness (QED) is 0.355. The fraction of sp³-hybridized carbons (Fsp3) is 0.367. The number of likely N-dealkylation sites (tertiary alicyclic amines) is 2. The van der Waals surface area contributed by atoms with Gasteiger partial charge in [-0.25, -0.2) is 13.2 Å². The van der Waals surface area contributed by atoms with Crippen LogP contribution in [0.5, 0.6) is 0 Å². The van der Waals surface area contributed by atoms with Crippen molar-refractivity contribution in [3.05, 3.63) is 77.3 Å². The smallest absolute Gasteiger partial charge is 0.404 e. The molecule has 3 aromatic carbocycles. The molecule has 1 unspecified atom stereocenters. The molecule has 0 radical (unpaired) electrons. The van der Waals surface area contributed by atoms with Crippen molar-refractivity contribution in [3.63, 3.8) is 0 Å². The van der Waals surface area contributed by atoms with Crippen LogP contribution in [0, 0.1) is 0 Å². The highest BCUT2D eigenvalue weighted by Crippen LogP contribution is 2.27. The van der Waals surface area contributed by atoms with E-state index in [0.717, 1.165) is 10.9 Å². The summed E-state index contributed by atoms with van der Waals surface area (Å²) in [6.07, 6.45) is 0.730. The molecule has 3 aromatic rings. The highest BCUT2D eigenvalue weighted by Gasteiger charge is 2.43. The van der Waals surface area contributed by atoms with Crippen molar-refractivity contribution in [2.45, 2.75) is 61.7 Å². The van der Waals surface area contributed by atoms with Crippen molar-refractivity contribution >= 4 is 50.3 Å². The first-order chi connectivity index (χ1) is 20.0. The number of rotatable bonds is 8. The Hall–Kier alpha value is -3.67. The summed E-state index contributed by atoms with van der Waals surface area (Å²) in [5, 5.41) is 14.0. The van der Waals surface area contributed by atoms with E-state index in [4.69, 9.17) is 11.6 Å². The number of benzene rings is 3. The minimum atomic E-state index is -4.02. The molecule has 10 nitrogen and oxygen atoms in total. The van der Waals surface area contributed by atoms with Crippen LogP contribution in [-0.2, 0) is 26.0 Å². The normalized spacial score (nSPS) is 21.9. The fourth-order valence-corrected chi connectivity index (χ4v) is 7.39. The third kappa shape index (κ3) is 6.38. The second kappa shape index (κ2) is 12.3. The molecule has 2 aliphatic rings. The molecule has 3 N–H and O–H groups in total. The monoisotopic (exact) mass is 612 g/mol. The van der Waals surface area contributed by atoms with E-state index >= 15 is 0 Å². The third-order valence-corrected chi connectivity index (χ3v) is 9.81.